The number of ether oxygens (including phenoxy) is 1. The van der Waals surface area contributed by atoms with Crippen LogP contribution in [0.1, 0.15) is 44.4 Å². The largest absolute Gasteiger partial charge is 0.481 e. The number of carbonyl (C=O) groups excluding carboxylic acids is 1. The van der Waals surface area contributed by atoms with Crippen molar-refractivity contribution < 1.29 is 9.53 Å². The van der Waals surface area contributed by atoms with Gasteiger partial charge in [0, 0.05) is 19.1 Å². The molecular weight excluding hydrogens is 264 g/mol. The molecule has 0 radical (unpaired) electrons. The van der Waals surface area contributed by atoms with Gasteiger partial charge in [0.05, 0.1) is 0 Å². The fourth-order valence-electron chi connectivity index (χ4n) is 3.06. The Morgan fingerprint density at radius 1 is 1.43 bits per heavy atom. The Bertz CT molecular complexity index is 498. The predicted octanol–water partition coefficient (Wildman–Crippen LogP) is 2.53. The molecule has 1 amide bonds. The molecule has 1 N–H and O–H groups in total. The zero-order valence-electron chi connectivity index (χ0n) is 13.5. The third-order valence-corrected chi connectivity index (χ3v) is 4.30. The van der Waals surface area contributed by atoms with Crippen molar-refractivity contribution in [2.75, 3.05) is 20.1 Å². The molecular formula is C17H26N2O2. The minimum absolute atomic E-state index is 0.0563. The SMILES string of the molecule is CCN(CC)C(=O)C(C)Oc1cccc2c1CCC2NC. The standard InChI is InChI=1S/C17H26N2O2/c1-5-19(6-2)17(20)12(3)21-16-9-7-8-13-14(16)10-11-15(13)18-4/h7-9,12,15,18H,5-6,10-11H2,1-4H3. The molecule has 0 fully saturated rings. The van der Waals surface area contributed by atoms with E-state index in [0.717, 1.165) is 31.7 Å². The molecule has 0 spiro atoms. The Morgan fingerprint density at radius 2 is 2.14 bits per heavy atom. The van der Waals surface area contributed by atoms with Crippen LogP contribution in [0.3, 0.4) is 0 Å². The van der Waals surface area contributed by atoms with E-state index in [1.807, 2.05) is 44.9 Å². The molecule has 116 valence electrons. The maximum absolute atomic E-state index is 12.3. The van der Waals surface area contributed by atoms with Crippen LogP contribution in [-0.4, -0.2) is 37.0 Å². The first-order chi connectivity index (χ1) is 10.1. The van der Waals surface area contributed by atoms with Gasteiger partial charge in [-0.2, -0.15) is 0 Å². The van der Waals surface area contributed by atoms with Gasteiger partial charge < -0.3 is 15.0 Å². The summed E-state index contributed by atoms with van der Waals surface area (Å²) in [5.41, 5.74) is 2.55. The van der Waals surface area contributed by atoms with Crippen molar-refractivity contribution in [3.63, 3.8) is 0 Å². The normalized spacial score (nSPS) is 18.2. The molecule has 2 unspecified atom stereocenters. The number of benzene rings is 1. The second kappa shape index (κ2) is 6.94. The van der Waals surface area contributed by atoms with Gasteiger partial charge in [-0.15, -0.1) is 0 Å². The molecule has 0 heterocycles. The minimum Gasteiger partial charge on any atom is -0.481 e. The summed E-state index contributed by atoms with van der Waals surface area (Å²) in [5, 5.41) is 3.33. The third kappa shape index (κ3) is 3.21. The molecule has 1 aromatic carbocycles. The van der Waals surface area contributed by atoms with Crippen LogP contribution in [0.5, 0.6) is 5.75 Å². The number of likely N-dealkylation sites (N-methyl/N-ethyl adjacent to an activating group) is 1. The first kappa shape index (κ1) is 15.8. The Kier molecular flexibility index (Phi) is 5.23. The van der Waals surface area contributed by atoms with Crippen LogP contribution < -0.4 is 10.1 Å². The van der Waals surface area contributed by atoms with Crippen molar-refractivity contribution in [1.29, 1.82) is 0 Å². The van der Waals surface area contributed by atoms with E-state index in [9.17, 15) is 4.79 Å². The molecule has 21 heavy (non-hydrogen) atoms. The Morgan fingerprint density at radius 3 is 2.76 bits per heavy atom. The van der Waals surface area contributed by atoms with E-state index in [1.165, 1.54) is 11.1 Å². The zero-order valence-corrected chi connectivity index (χ0v) is 13.5. The summed E-state index contributed by atoms with van der Waals surface area (Å²) in [5.74, 6) is 0.916. The predicted molar refractivity (Wildman–Crippen MR) is 84.6 cm³/mol. The topological polar surface area (TPSA) is 41.6 Å². The van der Waals surface area contributed by atoms with Crippen LogP contribution in [0.2, 0.25) is 0 Å². The van der Waals surface area contributed by atoms with Crippen molar-refractivity contribution in [2.24, 2.45) is 0 Å². The van der Waals surface area contributed by atoms with E-state index in [4.69, 9.17) is 4.74 Å². The fraction of sp³-hybridized carbons (Fsp3) is 0.588. The first-order valence-electron chi connectivity index (χ1n) is 7.86. The summed E-state index contributed by atoms with van der Waals surface area (Å²) in [4.78, 5) is 14.1. The van der Waals surface area contributed by atoms with Crippen molar-refractivity contribution in [1.82, 2.24) is 10.2 Å². The smallest absolute Gasteiger partial charge is 0.263 e. The molecule has 0 bridgehead atoms. The highest BCUT2D eigenvalue weighted by molar-refractivity contribution is 5.80. The van der Waals surface area contributed by atoms with Crippen LogP contribution in [0.15, 0.2) is 18.2 Å². The van der Waals surface area contributed by atoms with Crippen LogP contribution in [0.4, 0.5) is 0 Å². The molecule has 1 aliphatic rings. The van der Waals surface area contributed by atoms with Crippen LogP contribution in [0, 0.1) is 0 Å². The maximum Gasteiger partial charge on any atom is 0.263 e. The average molecular weight is 290 g/mol. The highest BCUT2D eigenvalue weighted by Gasteiger charge is 2.26. The van der Waals surface area contributed by atoms with E-state index in [2.05, 4.69) is 11.4 Å². The highest BCUT2D eigenvalue weighted by atomic mass is 16.5. The number of hydrogen-bond donors (Lipinski definition) is 1. The fourth-order valence-corrected chi connectivity index (χ4v) is 3.06. The highest BCUT2D eigenvalue weighted by Crippen LogP contribution is 2.37. The van der Waals surface area contributed by atoms with E-state index in [-0.39, 0.29) is 5.91 Å². The van der Waals surface area contributed by atoms with E-state index < -0.39 is 6.10 Å². The molecule has 0 saturated heterocycles. The Labute approximate surface area is 127 Å². The van der Waals surface area contributed by atoms with Crippen molar-refractivity contribution in [2.45, 2.75) is 45.8 Å². The van der Waals surface area contributed by atoms with Gasteiger partial charge in [-0.3, -0.25) is 4.79 Å². The summed E-state index contributed by atoms with van der Waals surface area (Å²) in [6.45, 7) is 7.26. The van der Waals surface area contributed by atoms with Crippen molar-refractivity contribution in [3.05, 3.63) is 29.3 Å². The molecule has 2 rings (SSSR count). The quantitative estimate of drug-likeness (QED) is 0.875. The molecule has 0 saturated carbocycles. The van der Waals surface area contributed by atoms with Crippen molar-refractivity contribution in [3.8, 4) is 5.75 Å². The lowest BCUT2D eigenvalue weighted by Gasteiger charge is -2.24. The molecule has 0 aliphatic heterocycles. The number of hydrogen-bond acceptors (Lipinski definition) is 3. The molecule has 4 heteroatoms. The first-order valence-corrected chi connectivity index (χ1v) is 7.86. The number of nitrogens with one attached hydrogen (secondary N) is 1. The molecule has 1 aromatic rings. The minimum atomic E-state index is -0.440. The van der Waals surface area contributed by atoms with E-state index in [0.29, 0.717) is 6.04 Å². The van der Waals surface area contributed by atoms with Gasteiger partial charge >= 0.3 is 0 Å². The van der Waals surface area contributed by atoms with Crippen LogP contribution >= 0.6 is 0 Å². The molecule has 4 nitrogen and oxygen atoms in total. The third-order valence-electron chi connectivity index (χ3n) is 4.30. The lowest BCUT2D eigenvalue weighted by Crippen LogP contribution is -2.40. The van der Waals surface area contributed by atoms with Gasteiger partial charge in [-0.05, 0) is 57.9 Å². The zero-order chi connectivity index (χ0) is 15.4. The Hall–Kier alpha value is -1.55. The van der Waals surface area contributed by atoms with Gasteiger partial charge in [0.1, 0.15) is 5.75 Å². The molecule has 0 aromatic heterocycles. The average Bonchev–Trinajstić information content (AvgIpc) is 2.92. The lowest BCUT2D eigenvalue weighted by atomic mass is 10.1. The molecule has 2 atom stereocenters. The summed E-state index contributed by atoms with van der Waals surface area (Å²) in [6, 6.07) is 6.53. The number of nitrogens with zero attached hydrogens (tertiary/aromatic N) is 1. The van der Waals surface area contributed by atoms with Gasteiger partial charge in [0.15, 0.2) is 6.10 Å². The molecule has 1 aliphatic carbocycles. The summed E-state index contributed by atoms with van der Waals surface area (Å²) in [6.07, 6.45) is 1.65. The number of rotatable bonds is 6. The number of fused-ring (bicyclic) bond motifs is 1. The second-order valence-corrected chi connectivity index (χ2v) is 5.47. The number of carbonyl (C=O) groups is 1. The van der Waals surface area contributed by atoms with Gasteiger partial charge in [-0.25, -0.2) is 0 Å². The van der Waals surface area contributed by atoms with Gasteiger partial charge in [0.25, 0.3) is 5.91 Å². The number of amides is 1. The van der Waals surface area contributed by atoms with Crippen molar-refractivity contribution >= 4 is 5.91 Å². The second-order valence-electron chi connectivity index (χ2n) is 5.47. The summed E-state index contributed by atoms with van der Waals surface area (Å²) >= 11 is 0. The monoisotopic (exact) mass is 290 g/mol. The van der Waals surface area contributed by atoms with Gasteiger partial charge in [-0.1, -0.05) is 12.1 Å². The van der Waals surface area contributed by atoms with Crippen LogP contribution in [-0.2, 0) is 11.2 Å². The maximum atomic E-state index is 12.3. The van der Waals surface area contributed by atoms with Crippen LogP contribution in [0.25, 0.3) is 0 Å². The summed E-state index contributed by atoms with van der Waals surface area (Å²) < 4.78 is 5.98. The van der Waals surface area contributed by atoms with E-state index >= 15 is 0 Å². The summed E-state index contributed by atoms with van der Waals surface area (Å²) in [7, 11) is 1.99. The van der Waals surface area contributed by atoms with E-state index in [1.54, 1.807) is 0 Å². The van der Waals surface area contributed by atoms with Gasteiger partial charge in [0.2, 0.25) is 0 Å². The lowest BCUT2D eigenvalue weighted by molar-refractivity contribution is -0.137. The Balaban J connectivity index is 2.14.